The molecule has 1 aliphatic carbocycles. The van der Waals surface area contributed by atoms with Crippen molar-refractivity contribution in [3.8, 4) is 0 Å². The van der Waals surface area contributed by atoms with Gasteiger partial charge in [-0.3, -0.25) is 4.79 Å². The first-order chi connectivity index (χ1) is 11.1. The fourth-order valence-electron chi connectivity index (χ4n) is 4.09. The third-order valence-electron chi connectivity index (χ3n) is 5.70. The molecule has 25 heavy (non-hydrogen) atoms. The van der Waals surface area contributed by atoms with Crippen LogP contribution in [0.2, 0.25) is 0 Å². The molecule has 0 spiro atoms. The van der Waals surface area contributed by atoms with Crippen LogP contribution in [0.3, 0.4) is 0 Å². The first-order valence-corrected chi connectivity index (χ1v) is 8.90. The van der Waals surface area contributed by atoms with E-state index in [4.69, 9.17) is 5.73 Å². The van der Waals surface area contributed by atoms with Gasteiger partial charge in [0, 0.05) is 38.8 Å². The van der Waals surface area contributed by atoms with Crippen molar-refractivity contribution in [1.29, 1.82) is 0 Å². The summed E-state index contributed by atoms with van der Waals surface area (Å²) in [6, 6.07) is 8.41. The summed E-state index contributed by atoms with van der Waals surface area (Å²) >= 11 is 0. The van der Waals surface area contributed by atoms with Crippen LogP contribution < -0.4 is 10.6 Å². The highest BCUT2D eigenvalue weighted by atomic mass is 35.5. The van der Waals surface area contributed by atoms with Gasteiger partial charge in [0.15, 0.2) is 0 Å². The van der Waals surface area contributed by atoms with Gasteiger partial charge < -0.3 is 15.5 Å². The molecule has 1 fully saturated rings. The average Bonchev–Trinajstić information content (AvgIpc) is 2.75. The molecule has 0 bridgehead atoms. The maximum absolute atomic E-state index is 13.0. The van der Waals surface area contributed by atoms with Gasteiger partial charge in [-0.1, -0.05) is 37.5 Å². The summed E-state index contributed by atoms with van der Waals surface area (Å²) in [5.41, 5.74) is 8.60. The standard InChI is InChI=1S/C19H29N3O.2ClH/c1-21-11-12-22(14-16-7-3-4-8-17(16)21)18(23)13-19(15-20)9-5-2-6-10-19;;/h3-4,7-8H,2,5-6,9-15,20H2,1H3;2*1H. The molecule has 0 unspecified atom stereocenters. The first kappa shape index (κ1) is 22.1. The van der Waals surface area contributed by atoms with Gasteiger partial charge in [-0.15, -0.1) is 24.8 Å². The highest BCUT2D eigenvalue weighted by Gasteiger charge is 2.35. The zero-order valence-electron chi connectivity index (χ0n) is 15.1. The van der Waals surface area contributed by atoms with E-state index < -0.39 is 0 Å². The Labute approximate surface area is 163 Å². The Morgan fingerprint density at radius 3 is 2.48 bits per heavy atom. The van der Waals surface area contributed by atoms with Gasteiger partial charge in [0.2, 0.25) is 5.91 Å². The fourth-order valence-corrected chi connectivity index (χ4v) is 4.09. The molecule has 1 aromatic rings. The van der Waals surface area contributed by atoms with Crippen molar-refractivity contribution in [2.24, 2.45) is 11.1 Å². The molecule has 2 N–H and O–H groups in total. The van der Waals surface area contributed by atoms with Gasteiger partial charge in [0.1, 0.15) is 0 Å². The second-order valence-electron chi connectivity index (χ2n) is 7.31. The first-order valence-electron chi connectivity index (χ1n) is 8.90. The van der Waals surface area contributed by atoms with E-state index >= 15 is 0 Å². The number of likely N-dealkylation sites (N-methyl/N-ethyl adjacent to an activating group) is 1. The van der Waals surface area contributed by atoms with Crippen molar-refractivity contribution >= 4 is 36.4 Å². The molecule has 1 saturated carbocycles. The average molecular weight is 388 g/mol. The van der Waals surface area contributed by atoms with Gasteiger partial charge in [-0.05, 0) is 36.4 Å². The molecule has 0 saturated heterocycles. The number of benzene rings is 1. The number of rotatable bonds is 3. The highest BCUT2D eigenvalue weighted by molar-refractivity contribution is 5.85. The molecule has 0 atom stereocenters. The Kier molecular flexibility index (Phi) is 8.52. The van der Waals surface area contributed by atoms with Gasteiger partial charge in [-0.2, -0.15) is 0 Å². The maximum Gasteiger partial charge on any atom is 0.223 e. The van der Waals surface area contributed by atoms with Gasteiger partial charge >= 0.3 is 0 Å². The molecule has 4 nitrogen and oxygen atoms in total. The molecule has 2 aliphatic rings. The summed E-state index contributed by atoms with van der Waals surface area (Å²) in [6.07, 6.45) is 6.57. The number of amides is 1. The lowest BCUT2D eigenvalue weighted by atomic mass is 9.71. The van der Waals surface area contributed by atoms with Crippen LogP contribution in [0.5, 0.6) is 0 Å². The minimum atomic E-state index is 0. The van der Waals surface area contributed by atoms with Crippen LogP contribution in [0.4, 0.5) is 5.69 Å². The van der Waals surface area contributed by atoms with Gasteiger partial charge in [0.05, 0.1) is 0 Å². The summed E-state index contributed by atoms with van der Waals surface area (Å²) < 4.78 is 0. The van der Waals surface area contributed by atoms with Crippen LogP contribution in [0.1, 0.15) is 44.1 Å². The van der Waals surface area contributed by atoms with Crippen molar-refractivity contribution in [2.45, 2.75) is 45.1 Å². The van der Waals surface area contributed by atoms with E-state index in [1.807, 2.05) is 4.90 Å². The lowest BCUT2D eigenvalue weighted by molar-refractivity contribution is -0.134. The molecule has 1 aromatic carbocycles. The lowest BCUT2D eigenvalue weighted by Crippen LogP contribution is -2.41. The maximum atomic E-state index is 13.0. The Hall–Kier alpha value is -0.970. The van der Waals surface area contributed by atoms with Crippen molar-refractivity contribution in [3.05, 3.63) is 29.8 Å². The predicted molar refractivity (Wildman–Crippen MR) is 109 cm³/mol. The molecule has 1 aliphatic heterocycles. The van der Waals surface area contributed by atoms with Crippen LogP contribution in [-0.2, 0) is 11.3 Å². The van der Waals surface area contributed by atoms with Crippen LogP contribution >= 0.6 is 24.8 Å². The Morgan fingerprint density at radius 2 is 1.80 bits per heavy atom. The minimum Gasteiger partial charge on any atom is -0.373 e. The Balaban J connectivity index is 0.00000156. The second-order valence-corrected chi connectivity index (χ2v) is 7.31. The molecule has 142 valence electrons. The van der Waals surface area contributed by atoms with Gasteiger partial charge in [-0.25, -0.2) is 0 Å². The number of nitrogens with two attached hydrogens (primary N) is 1. The normalized spacial score (nSPS) is 19.1. The minimum absolute atomic E-state index is 0. The highest BCUT2D eigenvalue weighted by Crippen LogP contribution is 2.39. The third kappa shape index (κ3) is 5.02. The van der Waals surface area contributed by atoms with Crippen molar-refractivity contribution in [1.82, 2.24) is 4.90 Å². The second kappa shape index (κ2) is 9.65. The number of halogens is 2. The summed E-state index contributed by atoms with van der Waals surface area (Å²) in [7, 11) is 2.11. The Bertz CT molecular complexity index is 561. The number of fused-ring (bicyclic) bond motifs is 1. The lowest BCUT2D eigenvalue weighted by Gasteiger charge is -2.37. The van der Waals surface area contributed by atoms with E-state index in [1.165, 1.54) is 30.5 Å². The molecule has 1 heterocycles. The molecule has 0 radical (unpaired) electrons. The fraction of sp³-hybridized carbons (Fsp3) is 0.632. The number of carbonyl (C=O) groups is 1. The molecular formula is C19H31Cl2N3O. The third-order valence-corrected chi connectivity index (χ3v) is 5.70. The zero-order chi connectivity index (χ0) is 16.3. The smallest absolute Gasteiger partial charge is 0.223 e. The number of hydrogen-bond acceptors (Lipinski definition) is 3. The number of hydrogen-bond donors (Lipinski definition) is 1. The van der Waals surface area contributed by atoms with Gasteiger partial charge in [0.25, 0.3) is 0 Å². The van der Waals surface area contributed by atoms with Crippen molar-refractivity contribution in [3.63, 3.8) is 0 Å². The molecule has 6 heteroatoms. The molecule has 1 amide bonds. The van der Waals surface area contributed by atoms with E-state index in [2.05, 4.69) is 36.2 Å². The van der Waals surface area contributed by atoms with Crippen LogP contribution in [0.15, 0.2) is 24.3 Å². The summed E-state index contributed by atoms with van der Waals surface area (Å²) in [5, 5.41) is 0. The molecule has 3 rings (SSSR count). The van der Waals surface area contributed by atoms with Crippen molar-refractivity contribution in [2.75, 3.05) is 31.6 Å². The number of carbonyl (C=O) groups excluding carboxylic acids is 1. The number of nitrogens with zero attached hydrogens (tertiary/aromatic N) is 2. The van der Waals surface area contributed by atoms with Crippen LogP contribution in [-0.4, -0.2) is 37.5 Å². The molecule has 0 aromatic heterocycles. The monoisotopic (exact) mass is 387 g/mol. The van der Waals surface area contributed by atoms with E-state index in [9.17, 15) is 4.79 Å². The zero-order valence-corrected chi connectivity index (χ0v) is 16.7. The Morgan fingerprint density at radius 1 is 1.12 bits per heavy atom. The topological polar surface area (TPSA) is 49.6 Å². The van der Waals surface area contributed by atoms with E-state index in [0.717, 1.165) is 32.5 Å². The quantitative estimate of drug-likeness (QED) is 0.861. The van der Waals surface area contributed by atoms with Crippen molar-refractivity contribution < 1.29 is 4.79 Å². The largest absolute Gasteiger partial charge is 0.373 e. The summed E-state index contributed by atoms with van der Waals surface area (Å²) in [4.78, 5) is 17.2. The van der Waals surface area contributed by atoms with E-state index in [0.29, 0.717) is 13.0 Å². The summed E-state index contributed by atoms with van der Waals surface area (Å²) in [6.45, 7) is 3.05. The number of anilines is 1. The number of para-hydroxylation sites is 1. The molecular weight excluding hydrogens is 357 g/mol. The van der Waals surface area contributed by atoms with E-state index in [-0.39, 0.29) is 36.1 Å². The van der Waals surface area contributed by atoms with E-state index in [1.54, 1.807) is 0 Å². The summed E-state index contributed by atoms with van der Waals surface area (Å²) in [5.74, 6) is 0.280. The SMILES string of the molecule is CN1CCN(C(=O)CC2(CN)CCCCC2)Cc2ccccc21.Cl.Cl. The predicted octanol–water partition coefficient (Wildman–Crippen LogP) is 3.61. The van der Waals surface area contributed by atoms with Crippen LogP contribution in [0.25, 0.3) is 0 Å². The van der Waals surface area contributed by atoms with Crippen LogP contribution in [0, 0.1) is 5.41 Å².